The van der Waals surface area contributed by atoms with Crippen molar-refractivity contribution < 1.29 is 23.5 Å². The highest BCUT2D eigenvalue weighted by atomic mass is 32.2. The van der Waals surface area contributed by atoms with Gasteiger partial charge in [-0.05, 0) is 48.4 Å². The Morgan fingerprint density at radius 1 is 1.36 bits per heavy atom. The topological polar surface area (TPSA) is 75.7 Å². The van der Waals surface area contributed by atoms with Gasteiger partial charge in [-0.25, -0.2) is 4.39 Å². The monoisotopic (exact) mass is 364 g/mol. The Labute approximate surface area is 148 Å². The molecule has 25 heavy (non-hydrogen) atoms. The average molecular weight is 364 g/mol. The van der Waals surface area contributed by atoms with Gasteiger partial charge in [0.25, 0.3) is 11.1 Å². The van der Waals surface area contributed by atoms with Gasteiger partial charge in [-0.1, -0.05) is 12.1 Å². The molecule has 6 nitrogen and oxygen atoms in total. The number of nitrogens with one attached hydrogen (secondary N) is 1. The third-order valence-corrected chi connectivity index (χ3v) is 4.80. The van der Waals surface area contributed by atoms with Gasteiger partial charge in [0, 0.05) is 13.2 Å². The van der Waals surface area contributed by atoms with Crippen molar-refractivity contribution in [2.75, 3.05) is 19.7 Å². The van der Waals surface area contributed by atoms with Gasteiger partial charge < -0.3 is 10.1 Å². The van der Waals surface area contributed by atoms with Crippen molar-refractivity contribution in [2.24, 2.45) is 0 Å². The van der Waals surface area contributed by atoms with Crippen LogP contribution in [-0.2, 0) is 14.3 Å². The van der Waals surface area contributed by atoms with Gasteiger partial charge in [-0.15, -0.1) is 0 Å². The van der Waals surface area contributed by atoms with Crippen molar-refractivity contribution in [1.29, 1.82) is 0 Å². The number of amides is 3. The van der Waals surface area contributed by atoms with Crippen molar-refractivity contribution in [3.05, 3.63) is 40.6 Å². The number of ether oxygens (including phenoxy) is 1. The van der Waals surface area contributed by atoms with E-state index >= 15 is 0 Å². The zero-order valence-corrected chi connectivity index (χ0v) is 14.2. The molecule has 2 heterocycles. The summed E-state index contributed by atoms with van der Waals surface area (Å²) >= 11 is 0.766. The molecule has 0 bridgehead atoms. The van der Waals surface area contributed by atoms with E-state index < -0.39 is 17.1 Å². The largest absolute Gasteiger partial charge is 0.376 e. The number of hydrogen-bond acceptors (Lipinski definition) is 5. The van der Waals surface area contributed by atoms with E-state index in [0.29, 0.717) is 18.7 Å². The fourth-order valence-corrected chi connectivity index (χ4v) is 3.42. The summed E-state index contributed by atoms with van der Waals surface area (Å²) in [6.07, 6.45) is 3.37. The Morgan fingerprint density at radius 2 is 2.12 bits per heavy atom. The van der Waals surface area contributed by atoms with E-state index in [1.165, 1.54) is 30.3 Å². The lowest BCUT2D eigenvalue weighted by Crippen LogP contribution is -2.41. The molecule has 2 aliphatic rings. The first kappa shape index (κ1) is 17.6. The van der Waals surface area contributed by atoms with Crippen LogP contribution in [-0.4, -0.2) is 47.8 Å². The van der Waals surface area contributed by atoms with Gasteiger partial charge in [-0.2, -0.15) is 0 Å². The van der Waals surface area contributed by atoms with Gasteiger partial charge in [0.1, 0.15) is 12.4 Å². The molecular weight excluding hydrogens is 347 g/mol. The highest BCUT2D eigenvalue weighted by Crippen LogP contribution is 2.31. The summed E-state index contributed by atoms with van der Waals surface area (Å²) in [6, 6.07) is 5.57. The number of carbonyl (C=O) groups is 3. The SMILES string of the molecule is O=C(CN1C(=O)S/C(=C\c2ccc(F)cc2)C1=O)NC[C@@H]1CCCO1. The lowest BCUT2D eigenvalue weighted by molar-refractivity contribution is -0.129. The minimum absolute atomic E-state index is 0.00256. The molecule has 1 aromatic rings. The average Bonchev–Trinajstić information content (AvgIpc) is 3.19. The summed E-state index contributed by atoms with van der Waals surface area (Å²) in [5.41, 5.74) is 0.606. The molecule has 0 unspecified atom stereocenters. The summed E-state index contributed by atoms with van der Waals surface area (Å²) < 4.78 is 18.3. The Balaban J connectivity index is 1.58. The van der Waals surface area contributed by atoms with Crippen LogP contribution in [0.15, 0.2) is 29.2 Å². The Morgan fingerprint density at radius 3 is 2.80 bits per heavy atom. The zero-order chi connectivity index (χ0) is 17.8. The first-order valence-corrected chi connectivity index (χ1v) is 8.74. The minimum atomic E-state index is -0.522. The van der Waals surface area contributed by atoms with Crippen molar-refractivity contribution >= 4 is 34.9 Å². The number of thioether (sulfide) groups is 1. The summed E-state index contributed by atoms with van der Waals surface area (Å²) in [6.45, 7) is 0.746. The Hall–Kier alpha value is -2.19. The highest BCUT2D eigenvalue weighted by molar-refractivity contribution is 8.18. The standard InChI is InChI=1S/C17H17FN2O4S/c18-12-5-3-11(4-6-12)8-14-16(22)20(17(23)25-14)10-15(21)19-9-13-2-1-7-24-13/h3-6,8,13H,1-2,7,9-10H2,(H,19,21)/b14-8-/t13-/m0/s1. The maximum atomic E-state index is 12.9. The van der Waals surface area contributed by atoms with Crippen LogP contribution in [0.2, 0.25) is 0 Å². The third kappa shape index (κ3) is 4.46. The van der Waals surface area contributed by atoms with Gasteiger partial charge in [0.2, 0.25) is 5.91 Å². The number of hydrogen-bond donors (Lipinski definition) is 1. The van der Waals surface area contributed by atoms with Gasteiger partial charge in [-0.3, -0.25) is 19.3 Å². The summed E-state index contributed by atoms with van der Waals surface area (Å²) in [7, 11) is 0. The molecule has 1 N–H and O–H groups in total. The number of nitrogens with zero attached hydrogens (tertiary/aromatic N) is 1. The molecule has 0 aromatic heterocycles. The molecule has 3 rings (SSSR count). The normalized spacial score (nSPS) is 22.0. The lowest BCUT2D eigenvalue weighted by Gasteiger charge is -2.14. The number of halogens is 1. The van der Waals surface area contributed by atoms with Crippen LogP contribution in [0.3, 0.4) is 0 Å². The van der Waals surface area contributed by atoms with E-state index in [0.717, 1.165) is 29.5 Å². The number of benzene rings is 1. The van der Waals surface area contributed by atoms with E-state index in [2.05, 4.69) is 5.32 Å². The fourth-order valence-electron chi connectivity index (χ4n) is 2.58. The number of rotatable bonds is 5. The molecule has 0 radical (unpaired) electrons. The quantitative estimate of drug-likeness (QED) is 0.811. The minimum Gasteiger partial charge on any atom is -0.376 e. The number of imide groups is 1. The molecular formula is C17H17FN2O4S. The van der Waals surface area contributed by atoms with E-state index in [1.807, 2.05) is 0 Å². The first-order chi connectivity index (χ1) is 12.0. The van der Waals surface area contributed by atoms with Gasteiger partial charge in [0.15, 0.2) is 0 Å². The van der Waals surface area contributed by atoms with Crippen LogP contribution in [0.4, 0.5) is 9.18 Å². The van der Waals surface area contributed by atoms with Crippen LogP contribution in [0.1, 0.15) is 18.4 Å². The predicted molar refractivity (Wildman–Crippen MR) is 91.1 cm³/mol. The van der Waals surface area contributed by atoms with E-state index in [4.69, 9.17) is 4.74 Å². The molecule has 2 saturated heterocycles. The molecule has 1 atom stereocenters. The maximum absolute atomic E-state index is 12.9. The van der Waals surface area contributed by atoms with Crippen LogP contribution < -0.4 is 5.32 Å². The van der Waals surface area contributed by atoms with E-state index in [1.54, 1.807) is 0 Å². The highest BCUT2D eigenvalue weighted by Gasteiger charge is 2.36. The summed E-state index contributed by atoms with van der Waals surface area (Å²) in [4.78, 5) is 37.4. The summed E-state index contributed by atoms with van der Waals surface area (Å²) in [5.74, 6) is -1.31. The Bertz CT molecular complexity index is 714. The molecule has 132 valence electrons. The van der Waals surface area contributed by atoms with Crippen LogP contribution >= 0.6 is 11.8 Å². The van der Waals surface area contributed by atoms with Crippen molar-refractivity contribution in [3.63, 3.8) is 0 Å². The lowest BCUT2D eigenvalue weighted by atomic mass is 10.2. The molecule has 2 fully saturated rings. The summed E-state index contributed by atoms with van der Waals surface area (Å²) in [5, 5.41) is 2.19. The van der Waals surface area contributed by atoms with Crippen LogP contribution in [0.5, 0.6) is 0 Å². The van der Waals surface area contributed by atoms with Crippen molar-refractivity contribution in [3.8, 4) is 0 Å². The first-order valence-electron chi connectivity index (χ1n) is 7.92. The van der Waals surface area contributed by atoms with Gasteiger partial charge >= 0.3 is 0 Å². The van der Waals surface area contributed by atoms with E-state index in [-0.39, 0.29) is 23.4 Å². The second-order valence-electron chi connectivity index (χ2n) is 5.76. The van der Waals surface area contributed by atoms with Crippen LogP contribution in [0, 0.1) is 5.82 Å². The molecule has 0 spiro atoms. The molecule has 2 aliphatic heterocycles. The second kappa shape index (κ2) is 7.79. The predicted octanol–water partition coefficient (Wildman–Crippen LogP) is 2.16. The molecule has 3 amide bonds. The van der Waals surface area contributed by atoms with Crippen molar-refractivity contribution in [1.82, 2.24) is 10.2 Å². The zero-order valence-electron chi connectivity index (χ0n) is 13.4. The molecule has 0 aliphatic carbocycles. The fraction of sp³-hybridized carbons (Fsp3) is 0.353. The Kier molecular flexibility index (Phi) is 5.50. The van der Waals surface area contributed by atoms with Crippen molar-refractivity contribution in [2.45, 2.75) is 18.9 Å². The van der Waals surface area contributed by atoms with E-state index in [9.17, 15) is 18.8 Å². The molecule has 8 heteroatoms. The number of carbonyl (C=O) groups excluding carboxylic acids is 3. The second-order valence-corrected chi connectivity index (χ2v) is 6.75. The molecule has 0 saturated carbocycles. The third-order valence-electron chi connectivity index (χ3n) is 3.89. The smallest absolute Gasteiger partial charge is 0.294 e. The maximum Gasteiger partial charge on any atom is 0.294 e. The van der Waals surface area contributed by atoms with Crippen LogP contribution in [0.25, 0.3) is 6.08 Å². The molecule has 1 aromatic carbocycles. The van der Waals surface area contributed by atoms with Gasteiger partial charge in [0.05, 0.1) is 11.0 Å².